The minimum atomic E-state index is -0.498. The Kier molecular flexibility index (Phi) is 5.72. The van der Waals surface area contributed by atoms with E-state index in [1.54, 1.807) is 24.3 Å². The van der Waals surface area contributed by atoms with Crippen LogP contribution in [0.15, 0.2) is 42.5 Å². The van der Waals surface area contributed by atoms with Crippen molar-refractivity contribution in [3.05, 3.63) is 58.9 Å². The number of carbonyl (C=O) groups is 1. The minimum Gasteiger partial charge on any atom is -0.496 e. The highest BCUT2D eigenvalue weighted by Gasteiger charge is 2.13. The first-order valence-corrected chi connectivity index (χ1v) is 7.25. The largest absolute Gasteiger partial charge is 0.496 e. The molecule has 0 bridgehead atoms. The monoisotopic (exact) mass is 353 g/mol. The molecule has 0 radical (unpaired) electrons. The average molecular weight is 354 g/mol. The van der Waals surface area contributed by atoms with Crippen molar-refractivity contribution in [3.63, 3.8) is 0 Å². The van der Waals surface area contributed by atoms with Gasteiger partial charge < -0.3 is 10.1 Å². The smallest absolute Gasteiger partial charge is 0.273 e. The second kappa shape index (κ2) is 7.75. The first-order valence-electron chi connectivity index (χ1n) is 6.46. The lowest BCUT2D eigenvalue weighted by Crippen LogP contribution is -2.44. The zero-order valence-corrected chi connectivity index (χ0v) is 13.6. The number of anilines is 1. The highest BCUT2D eigenvalue weighted by Crippen LogP contribution is 2.22. The highest BCUT2D eigenvalue weighted by molar-refractivity contribution is 7.80. The van der Waals surface area contributed by atoms with Crippen molar-refractivity contribution in [2.24, 2.45) is 0 Å². The fourth-order valence-electron chi connectivity index (χ4n) is 1.75. The number of halogens is 2. The lowest BCUT2D eigenvalue weighted by atomic mass is 10.2. The van der Waals surface area contributed by atoms with Crippen LogP contribution in [0.2, 0.25) is 5.02 Å². The van der Waals surface area contributed by atoms with E-state index in [0.717, 1.165) is 0 Å². The molecule has 2 rings (SSSR count). The van der Waals surface area contributed by atoms with Crippen LogP contribution in [0.1, 0.15) is 10.4 Å². The van der Waals surface area contributed by atoms with Gasteiger partial charge in [0.2, 0.25) is 0 Å². The summed E-state index contributed by atoms with van der Waals surface area (Å²) in [7, 11) is 1.44. The summed E-state index contributed by atoms with van der Waals surface area (Å²) in [5, 5.41) is 3.05. The third-order valence-electron chi connectivity index (χ3n) is 2.82. The van der Waals surface area contributed by atoms with Gasteiger partial charge in [-0.15, -0.1) is 0 Å². The Hall–Kier alpha value is -2.38. The minimum absolute atomic E-state index is 0.0319. The number of methoxy groups -OCH3 is 1. The predicted octanol–water partition coefficient (Wildman–Crippen LogP) is 3.12. The van der Waals surface area contributed by atoms with E-state index in [-0.39, 0.29) is 16.4 Å². The van der Waals surface area contributed by atoms with Gasteiger partial charge in [-0.3, -0.25) is 15.6 Å². The fourth-order valence-corrected chi connectivity index (χ4v) is 2.09. The molecule has 0 saturated heterocycles. The summed E-state index contributed by atoms with van der Waals surface area (Å²) in [6.45, 7) is 0. The van der Waals surface area contributed by atoms with E-state index in [2.05, 4.69) is 16.2 Å². The maximum atomic E-state index is 13.5. The standard InChI is InChI=1S/C15H13ClFN3O2S/c1-22-13-7-6-9(16)8-10(13)14(21)19-20-15(23)18-12-5-3-2-4-11(12)17/h2-8H,1H3,(H,19,21)(H2,18,20,23). The van der Waals surface area contributed by atoms with Crippen LogP contribution in [0.4, 0.5) is 10.1 Å². The number of amides is 1. The van der Waals surface area contributed by atoms with Gasteiger partial charge in [0.1, 0.15) is 11.6 Å². The maximum Gasteiger partial charge on any atom is 0.273 e. The number of para-hydroxylation sites is 1. The Morgan fingerprint density at radius 2 is 1.96 bits per heavy atom. The average Bonchev–Trinajstić information content (AvgIpc) is 2.54. The summed E-state index contributed by atoms with van der Waals surface area (Å²) >= 11 is 10.9. The number of carbonyl (C=O) groups excluding carboxylic acids is 1. The van der Waals surface area contributed by atoms with Gasteiger partial charge in [0.05, 0.1) is 18.4 Å². The molecule has 3 N–H and O–H groups in total. The summed E-state index contributed by atoms with van der Waals surface area (Å²) in [5.74, 6) is -0.594. The second-order valence-electron chi connectivity index (χ2n) is 4.36. The van der Waals surface area contributed by atoms with Crippen LogP contribution in [0.25, 0.3) is 0 Å². The number of ether oxygens (including phenoxy) is 1. The molecule has 0 aliphatic carbocycles. The van der Waals surface area contributed by atoms with E-state index in [9.17, 15) is 9.18 Å². The molecule has 8 heteroatoms. The highest BCUT2D eigenvalue weighted by atomic mass is 35.5. The number of hydrogen-bond donors (Lipinski definition) is 3. The number of hydrogen-bond acceptors (Lipinski definition) is 3. The fraction of sp³-hybridized carbons (Fsp3) is 0.0667. The summed E-state index contributed by atoms with van der Waals surface area (Å²) in [6.07, 6.45) is 0. The van der Waals surface area contributed by atoms with Gasteiger partial charge in [-0.2, -0.15) is 0 Å². The van der Waals surface area contributed by atoms with Gasteiger partial charge in [0.15, 0.2) is 5.11 Å². The maximum absolute atomic E-state index is 13.5. The van der Waals surface area contributed by atoms with Crippen molar-refractivity contribution in [2.45, 2.75) is 0 Å². The molecule has 0 spiro atoms. The molecule has 0 atom stereocenters. The normalized spacial score (nSPS) is 9.87. The molecular formula is C15H13ClFN3O2S. The van der Waals surface area contributed by atoms with Crippen LogP contribution >= 0.6 is 23.8 Å². The van der Waals surface area contributed by atoms with E-state index in [4.69, 9.17) is 28.6 Å². The van der Waals surface area contributed by atoms with Crippen LogP contribution in [-0.2, 0) is 0 Å². The van der Waals surface area contributed by atoms with Crippen molar-refractivity contribution in [3.8, 4) is 5.75 Å². The molecule has 2 aromatic rings. The zero-order chi connectivity index (χ0) is 16.8. The van der Waals surface area contributed by atoms with Gasteiger partial charge in [0.25, 0.3) is 5.91 Å². The van der Waals surface area contributed by atoms with E-state index < -0.39 is 11.7 Å². The van der Waals surface area contributed by atoms with Crippen molar-refractivity contribution in [2.75, 3.05) is 12.4 Å². The molecule has 0 aliphatic heterocycles. The molecule has 0 aromatic heterocycles. The molecule has 0 aliphatic rings. The van der Waals surface area contributed by atoms with Crippen molar-refractivity contribution >= 4 is 40.5 Å². The van der Waals surface area contributed by atoms with Crippen LogP contribution in [0, 0.1) is 5.82 Å². The molecule has 5 nitrogen and oxygen atoms in total. The Balaban J connectivity index is 1.98. The molecule has 0 saturated carbocycles. The molecule has 0 fully saturated rings. The van der Waals surface area contributed by atoms with Gasteiger partial charge in [-0.25, -0.2) is 4.39 Å². The Morgan fingerprint density at radius 1 is 1.22 bits per heavy atom. The molecule has 1 amide bonds. The molecular weight excluding hydrogens is 341 g/mol. The second-order valence-corrected chi connectivity index (χ2v) is 5.20. The third-order valence-corrected chi connectivity index (χ3v) is 3.26. The third kappa shape index (κ3) is 4.54. The van der Waals surface area contributed by atoms with Crippen LogP contribution in [-0.4, -0.2) is 18.1 Å². The van der Waals surface area contributed by atoms with Gasteiger partial charge in [-0.1, -0.05) is 23.7 Å². The SMILES string of the molecule is COc1ccc(Cl)cc1C(=O)NNC(=S)Nc1ccccc1F. The topological polar surface area (TPSA) is 62.4 Å². The van der Waals surface area contributed by atoms with E-state index in [1.165, 1.54) is 25.3 Å². The quantitative estimate of drug-likeness (QED) is 0.584. The Bertz CT molecular complexity index is 742. The van der Waals surface area contributed by atoms with Crippen molar-refractivity contribution < 1.29 is 13.9 Å². The summed E-state index contributed by atoms with van der Waals surface area (Å²) < 4.78 is 18.6. The summed E-state index contributed by atoms with van der Waals surface area (Å²) in [5.41, 5.74) is 5.30. The summed E-state index contributed by atoms with van der Waals surface area (Å²) in [4.78, 5) is 12.1. The van der Waals surface area contributed by atoms with Crippen molar-refractivity contribution in [1.82, 2.24) is 10.9 Å². The predicted molar refractivity (Wildman–Crippen MR) is 91.2 cm³/mol. The molecule has 120 valence electrons. The molecule has 2 aromatic carbocycles. The lowest BCUT2D eigenvalue weighted by molar-refractivity contribution is 0.0941. The zero-order valence-electron chi connectivity index (χ0n) is 12.0. The number of nitrogens with one attached hydrogen (secondary N) is 3. The lowest BCUT2D eigenvalue weighted by Gasteiger charge is -2.13. The Labute approximate surface area is 142 Å². The number of hydrazine groups is 1. The number of thiocarbonyl (C=S) groups is 1. The first-order chi connectivity index (χ1) is 11.0. The first kappa shape index (κ1) is 17.0. The van der Waals surface area contributed by atoms with E-state index in [1.807, 2.05) is 0 Å². The van der Waals surface area contributed by atoms with Gasteiger partial charge in [0, 0.05) is 5.02 Å². The van der Waals surface area contributed by atoms with E-state index in [0.29, 0.717) is 10.8 Å². The molecule has 23 heavy (non-hydrogen) atoms. The Morgan fingerprint density at radius 3 is 2.65 bits per heavy atom. The van der Waals surface area contributed by atoms with Crippen molar-refractivity contribution in [1.29, 1.82) is 0 Å². The van der Waals surface area contributed by atoms with Crippen LogP contribution in [0.5, 0.6) is 5.75 Å². The van der Waals surface area contributed by atoms with Crippen LogP contribution in [0.3, 0.4) is 0 Å². The number of benzene rings is 2. The number of rotatable bonds is 3. The molecule has 0 heterocycles. The van der Waals surface area contributed by atoms with E-state index >= 15 is 0 Å². The molecule has 0 unspecified atom stereocenters. The van der Waals surface area contributed by atoms with Gasteiger partial charge >= 0.3 is 0 Å². The summed E-state index contributed by atoms with van der Waals surface area (Å²) in [6, 6.07) is 10.7. The van der Waals surface area contributed by atoms with Gasteiger partial charge in [-0.05, 0) is 42.5 Å². The van der Waals surface area contributed by atoms with Crippen LogP contribution < -0.4 is 20.9 Å².